The minimum absolute atomic E-state index is 0.122. The highest BCUT2D eigenvalue weighted by Crippen LogP contribution is 2.68. The molecule has 0 heterocycles. The fraction of sp³-hybridized carbons (Fsp3) is 0.500. The van der Waals surface area contributed by atoms with Gasteiger partial charge >= 0.3 is 0 Å². The van der Waals surface area contributed by atoms with Crippen LogP contribution in [0.4, 0.5) is 0 Å². The van der Waals surface area contributed by atoms with Crippen molar-refractivity contribution in [2.24, 2.45) is 34.5 Å². The number of amides is 2. The maximum Gasteiger partial charge on any atom is 0.255 e. The van der Waals surface area contributed by atoms with Crippen molar-refractivity contribution in [3.05, 3.63) is 57.9 Å². The van der Waals surface area contributed by atoms with E-state index in [9.17, 15) is 19.2 Å². The van der Waals surface area contributed by atoms with E-state index in [1.807, 2.05) is 0 Å². The van der Waals surface area contributed by atoms with Gasteiger partial charge in [-0.05, 0) is 72.6 Å². The third kappa shape index (κ3) is 3.29. The highest BCUT2D eigenvalue weighted by atomic mass is 16.2. The molecular weight excluding hydrogens is 428 g/mol. The number of hydrogen-bond acceptors (Lipinski definition) is 4. The lowest BCUT2D eigenvalue weighted by atomic mass is 9.95. The Labute approximate surface area is 200 Å². The number of hydrogen-bond donors (Lipinski definition) is 2. The van der Waals surface area contributed by atoms with Gasteiger partial charge in [-0.25, -0.2) is 0 Å². The molecule has 1 aromatic carbocycles. The van der Waals surface area contributed by atoms with E-state index in [1.54, 1.807) is 38.1 Å². The molecule has 0 unspecified atom stereocenters. The summed E-state index contributed by atoms with van der Waals surface area (Å²) in [4.78, 5) is 50.3. The van der Waals surface area contributed by atoms with Gasteiger partial charge in [0.15, 0.2) is 11.6 Å². The van der Waals surface area contributed by atoms with Crippen molar-refractivity contribution in [1.29, 1.82) is 0 Å². The number of carbonyl (C=O) groups excluding carboxylic acids is 4. The van der Waals surface area contributed by atoms with Gasteiger partial charge in [0.25, 0.3) is 11.8 Å². The molecule has 0 bridgehead atoms. The van der Waals surface area contributed by atoms with Gasteiger partial charge < -0.3 is 10.6 Å². The normalized spacial score (nSPS) is 32.5. The minimum Gasteiger partial charge on any atom is -0.326 e. The predicted octanol–water partition coefficient (Wildman–Crippen LogP) is 4.18. The lowest BCUT2D eigenvalue weighted by Gasteiger charge is -2.14. The van der Waals surface area contributed by atoms with Gasteiger partial charge in [-0.1, -0.05) is 27.7 Å². The van der Waals surface area contributed by atoms with Crippen molar-refractivity contribution < 1.29 is 19.2 Å². The Kier molecular flexibility index (Phi) is 4.84. The number of ketones is 2. The first kappa shape index (κ1) is 22.8. The van der Waals surface area contributed by atoms with Gasteiger partial charge in [0.05, 0.1) is 0 Å². The summed E-state index contributed by atoms with van der Waals surface area (Å²) in [6.07, 6.45) is 1.12. The maximum absolute atomic E-state index is 12.8. The molecule has 0 spiro atoms. The predicted molar refractivity (Wildman–Crippen MR) is 128 cm³/mol. The largest absolute Gasteiger partial charge is 0.326 e. The van der Waals surface area contributed by atoms with Crippen LogP contribution in [0.3, 0.4) is 0 Å². The van der Waals surface area contributed by atoms with Crippen molar-refractivity contribution in [1.82, 2.24) is 10.6 Å². The third-order valence-electron chi connectivity index (χ3n) is 8.95. The zero-order valence-electron chi connectivity index (χ0n) is 20.7. The van der Waals surface area contributed by atoms with E-state index >= 15 is 0 Å². The summed E-state index contributed by atoms with van der Waals surface area (Å²) >= 11 is 0. The number of fused-ring (bicyclic) bond motifs is 2. The van der Waals surface area contributed by atoms with Crippen molar-refractivity contribution in [3.63, 3.8) is 0 Å². The summed E-state index contributed by atoms with van der Waals surface area (Å²) in [5, 5.41) is 5.76. The smallest absolute Gasteiger partial charge is 0.255 e. The molecule has 2 amide bonds. The van der Waals surface area contributed by atoms with Crippen molar-refractivity contribution in [2.45, 2.75) is 54.4 Å². The number of benzene rings is 1. The quantitative estimate of drug-likeness (QED) is 0.659. The summed E-state index contributed by atoms with van der Waals surface area (Å²) in [5.41, 5.74) is 3.83. The number of Topliss-reactive ketones (excluding diaryl/α,β-unsaturated/α-hetero) is 2. The second kappa shape index (κ2) is 7.24. The molecule has 6 nitrogen and oxygen atoms in total. The zero-order valence-corrected chi connectivity index (χ0v) is 20.7. The summed E-state index contributed by atoms with van der Waals surface area (Å²) in [5.74, 6) is 0.880. The van der Waals surface area contributed by atoms with Gasteiger partial charge in [0.2, 0.25) is 0 Å². The van der Waals surface area contributed by atoms with E-state index in [1.165, 1.54) is 0 Å². The molecule has 0 aliphatic heterocycles. The average Bonchev–Trinajstić information content (AvgIpc) is 3.27. The first-order chi connectivity index (χ1) is 15.9. The minimum atomic E-state index is -0.302. The van der Waals surface area contributed by atoms with E-state index in [-0.39, 0.29) is 46.0 Å². The van der Waals surface area contributed by atoms with Crippen LogP contribution in [0.25, 0.3) is 0 Å². The van der Waals surface area contributed by atoms with Crippen LogP contribution in [0.1, 0.15) is 75.1 Å². The summed E-state index contributed by atoms with van der Waals surface area (Å²) in [6.45, 7) is 12.2. The fourth-order valence-electron chi connectivity index (χ4n) is 6.64. The number of carbonyl (C=O) groups is 4. The van der Waals surface area contributed by atoms with Crippen LogP contribution in [0.5, 0.6) is 0 Å². The Morgan fingerprint density at radius 2 is 1.03 bits per heavy atom. The van der Waals surface area contributed by atoms with Crippen molar-refractivity contribution >= 4 is 23.4 Å². The van der Waals surface area contributed by atoms with Crippen molar-refractivity contribution in [2.75, 3.05) is 0 Å². The molecule has 6 heteroatoms. The molecule has 4 aliphatic rings. The standard InChI is InChI=1S/C28H32N2O4/c1-13(21-19(31)11-17-23(21)27(17,3)4)29-25(33)15-7-9-16(10-8-15)26(34)30-14(2)22-20(32)12-18-24(22)28(18,5)6/h7-10,17-18,23-24H,11-12H2,1-6H3,(H,29,33)(H,30,34)/t17-,18-,23-,24-/m1/s1. The highest BCUT2D eigenvalue weighted by molar-refractivity contribution is 6.04. The molecule has 0 radical (unpaired) electrons. The second-order valence-electron chi connectivity index (χ2n) is 11.6. The van der Waals surface area contributed by atoms with Crippen LogP contribution in [0.2, 0.25) is 0 Å². The summed E-state index contributed by atoms with van der Waals surface area (Å²) in [7, 11) is 0. The van der Waals surface area contributed by atoms with Gasteiger partial charge in [0, 0.05) is 46.5 Å². The fourth-order valence-corrected chi connectivity index (χ4v) is 6.64. The lowest BCUT2D eigenvalue weighted by molar-refractivity contribution is -0.116. The molecule has 5 rings (SSSR count). The monoisotopic (exact) mass is 460 g/mol. The van der Waals surface area contributed by atoms with Crippen LogP contribution >= 0.6 is 0 Å². The Morgan fingerprint density at radius 1 is 0.706 bits per heavy atom. The molecular formula is C28H32N2O4. The van der Waals surface area contributed by atoms with Gasteiger partial charge in [-0.2, -0.15) is 0 Å². The molecule has 2 N–H and O–H groups in total. The molecule has 4 saturated carbocycles. The SMILES string of the molecule is CC(NC(=O)c1ccc(C(=O)NC(C)=C2C(=O)C[C@@H]3[C@H]2C3(C)C)cc1)=C1C(=O)C[C@@H]2[C@H]1C2(C)C. The van der Waals surface area contributed by atoms with E-state index < -0.39 is 0 Å². The number of rotatable bonds is 4. The number of allylic oxidation sites excluding steroid dienone is 4. The van der Waals surface area contributed by atoms with Gasteiger partial charge in [-0.3, -0.25) is 19.2 Å². The molecule has 0 aromatic heterocycles. The Balaban J connectivity index is 1.26. The highest BCUT2D eigenvalue weighted by Gasteiger charge is 2.66. The van der Waals surface area contributed by atoms with E-state index in [0.717, 1.165) is 11.1 Å². The van der Waals surface area contributed by atoms with Crippen LogP contribution < -0.4 is 10.6 Å². The Bertz CT molecular complexity index is 1120. The first-order valence-electron chi connectivity index (χ1n) is 12.1. The molecule has 178 valence electrons. The van der Waals surface area contributed by atoms with Crippen LogP contribution in [-0.4, -0.2) is 23.4 Å². The number of nitrogens with one attached hydrogen (secondary N) is 2. The molecule has 1 aromatic rings. The van der Waals surface area contributed by atoms with Gasteiger partial charge in [-0.15, -0.1) is 0 Å². The second-order valence-corrected chi connectivity index (χ2v) is 11.6. The van der Waals surface area contributed by atoms with Gasteiger partial charge in [0.1, 0.15) is 0 Å². The Hall–Kier alpha value is -3.02. The molecule has 34 heavy (non-hydrogen) atoms. The lowest BCUT2D eigenvalue weighted by Crippen LogP contribution is -2.26. The summed E-state index contributed by atoms with van der Waals surface area (Å²) in [6, 6.07) is 6.41. The zero-order chi connectivity index (χ0) is 24.7. The Morgan fingerprint density at radius 3 is 1.32 bits per heavy atom. The van der Waals surface area contributed by atoms with E-state index in [0.29, 0.717) is 47.2 Å². The molecule has 4 fully saturated rings. The van der Waals surface area contributed by atoms with Crippen molar-refractivity contribution in [3.8, 4) is 0 Å². The van der Waals surface area contributed by atoms with Crippen LogP contribution in [-0.2, 0) is 9.59 Å². The van der Waals surface area contributed by atoms with E-state index in [2.05, 4.69) is 38.3 Å². The summed E-state index contributed by atoms with van der Waals surface area (Å²) < 4.78 is 0. The molecule has 0 saturated heterocycles. The first-order valence-corrected chi connectivity index (χ1v) is 12.1. The van der Waals surface area contributed by atoms with Crippen LogP contribution in [0, 0.1) is 34.5 Å². The third-order valence-corrected chi connectivity index (χ3v) is 8.95. The topological polar surface area (TPSA) is 92.3 Å². The molecule has 4 atom stereocenters. The average molecular weight is 461 g/mol. The van der Waals surface area contributed by atoms with Crippen LogP contribution in [0.15, 0.2) is 46.8 Å². The van der Waals surface area contributed by atoms with E-state index in [4.69, 9.17) is 0 Å². The maximum atomic E-state index is 12.8. The molecule has 4 aliphatic carbocycles.